The van der Waals surface area contributed by atoms with Crippen molar-refractivity contribution in [3.63, 3.8) is 0 Å². The molecular weight excluding hydrogens is 80.0 g/mol. The molecule has 0 atom stereocenters. The first-order valence-corrected chi connectivity index (χ1v) is 1.42. The smallest absolute Gasteiger partial charge is 0.228 e. The molecule has 1 radical (unpaired) electrons. The molecule has 3 heteroatoms. The molecule has 3 nitrogen and oxygen atoms in total. The van der Waals surface area contributed by atoms with Crippen LogP contribution in [0.2, 0.25) is 0 Å². The number of carbonyl (C=O) groups excluding carboxylic acids is 1. The van der Waals surface area contributed by atoms with Gasteiger partial charge in [0.1, 0.15) is 0 Å². The highest BCUT2D eigenvalue weighted by molar-refractivity contribution is 6.54. The Morgan fingerprint density at radius 1 is 1.83 bits per heavy atom. The second kappa shape index (κ2) is 1.01. The SMILES string of the molecule is O=C1[C]=NN=C1. The minimum atomic E-state index is -0.255. The Hall–Kier alpha value is -0.990. The highest BCUT2D eigenvalue weighted by Crippen LogP contribution is 1.75. The number of rotatable bonds is 0. The van der Waals surface area contributed by atoms with Gasteiger partial charge in [-0.15, -0.1) is 5.10 Å². The molecule has 1 aliphatic rings. The van der Waals surface area contributed by atoms with Gasteiger partial charge in [-0.2, -0.15) is 5.10 Å². The largest absolute Gasteiger partial charge is 0.286 e. The molecule has 1 rings (SSSR count). The first-order valence-electron chi connectivity index (χ1n) is 1.42. The summed E-state index contributed by atoms with van der Waals surface area (Å²) < 4.78 is 0. The predicted octanol–water partition coefficient (Wildman–Crippen LogP) is -0.497. The molecule has 0 amide bonds. The van der Waals surface area contributed by atoms with Gasteiger partial charge in [-0.3, -0.25) is 4.79 Å². The van der Waals surface area contributed by atoms with Crippen LogP contribution in [0.3, 0.4) is 0 Å². The summed E-state index contributed by atoms with van der Waals surface area (Å²) in [5.41, 5.74) is 0. The van der Waals surface area contributed by atoms with Crippen molar-refractivity contribution in [1.29, 1.82) is 0 Å². The fourth-order valence-electron chi connectivity index (χ4n) is 0.188. The van der Waals surface area contributed by atoms with Crippen LogP contribution < -0.4 is 0 Å². The summed E-state index contributed by atoms with van der Waals surface area (Å²) in [6.07, 6.45) is 3.19. The molecule has 0 saturated carbocycles. The molecule has 0 bridgehead atoms. The quantitative estimate of drug-likeness (QED) is 0.387. The Labute approximate surface area is 34.4 Å². The van der Waals surface area contributed by atoms with E-state index in [1.54, 1.807) is 0 Å². The zero-order valence-electron chi connectivity index (χ0n) is 2.88. The Bertz CT molecular complexity index is 111. The number of carbonyl (C=O) groups is 1. The Balaban J connectivity index is 2.86. The van der Waals surface area contributed by atoms with Crippen molar-refractivity contribution in [3.8, 4) is 0 Å². The van der Waals surface area contributed by atoms with E-state index in [2.05, 4.69) is 16.4 Å². The van der Waals surface area contributed by atoms with Crippen LogP contribution in [0.4, 0.5) is 0 Å². The van der Waals surface area contributed by atoms with E-state index < -0.39 is 0 Å². The van der Waals surface area contributed by atoms with Crippen LogP contribution >= 0.6 is 0 Å². The van der Waals surface area contributed by atoms with Crippen LogP contribution in [0.1, 0.15) is 0 Å². The number of nitrogens with zero attached hydrogens (tertiary/aromatic N) is 2. The van der Waals surface area contributed by atoms with Gasteiger partial charge >= 0.3 is 0 Å². The van der Waals surface area contributed by atoms with Crippen molar-refractivity contribution in [2.45, 2.75) is 0 Å². The van der Waals surface area contributed by atoms with Gasteiger partial charge < -0.3 is 0 Å². The van der Waals surface area contributed by atoms with Crippen molar-refractivity contribution in [3.05, 3.63) is 0 Å². The molecule has 0 spiro atoms. The highest BCUT2D eigenvalue weighted by atomic mass is 16.1. The molecule has 1 heterocycles. The van der Waals surface area contributed by atoms with E-state index in [0.29, 0.717) is 0 Å². The van der Waals surface area contributed by atoms with Crippen molar-refractivity contribution in [1.82, 2.24) is 0 Å². The zero-order chi connectivity index (χ0) is 4.41. The Kier molecular flexibility index (Phi) is 0.538. The maximum Gasteiger partial charge on any atom is 0.228 e. The topological polar surface area (TPSA) is 41.8 Å². The molecule has 0 N–H and O–H groups in total. The Morgan fingerprint density at radius 3 is 2.83 bits per heavy atom. The molecule has 0 unspecified atom stereocenters. The lowest BCUT2D eigenvalue weighted by Gasteiger charge is -1.54. The summed E-state index contributed by atoms with van der Waals surface area (Å²) in [5.74, 6) is -0.255. The fourth-order valence-corrected chi connectivity index (χ4v) is 0.188. The van der Waals surface area contributed by atoms with Crippen molar-refractivity contribution >= 4 is 18.2 Å². The number of hydrogen-bond donors (Lipinski definition) is 0. The third-order valence-corrected chi connectivity index (χ3v) is 0.393. The van der Waals surface area contributed by atoms with Crippen LogP contribution in [-0.4, -0.2) is 18.2 Å². The molecular formula is C3HN2O. The summed E-state index contributed by atoms with van der Waals surface area (Å²) in [6.45, 7) is 0. The second-order valence-electron chi connectivity index (χ2n) is 0.821. The van der Waals surface area contributed by atoms with Crippen LogP contribution in [0.5, 0.6) is 0 Å². The van der Waals surface area contributed by atoms with E-state index in [1.807, 2.05) is 0 Å². The fraction of sp³-hybridized carbons (Fsp3) is 0. The lowest BCUT2D eigenvalue weighted by molar-refractivity contribution is -0.106. The van der Waals surface area contributed by atoms with Crippen LogP contribution in [-0.2, 0) is 4.79 Å². The normalized spacial score (nSPS) is 17.0. The van der Waals surface area contributed by atoms with Gasteiger partial charge in [0.2, 0.25) is 5.78 Å². The van der Waals surface area contributed by atoms with Crippen molar-refractivity contribution in [2.24, 2.45) is 10.2 Å². The first-order chi connectivity index (χ1) is 2.89. The minimum absolute atomic E-state index is 0.255. The predicted molar refractivity (Wildman–Crippen MR) is 20.9 cm³/mol. The minimum Gasteiger partial charge on any atom is -0.286 e. The maximum absolute atomic E-state index is 9.89. The van der Waals surface area contributed by atoms with Crippen molar-refractivity contribution < 1.29 is 4.79 Å². The molecule has 0 saturated heterocycles. The summed E-state index contributed by atoms with van der Waals surface area (Å²) in [4.78, 5) is 9.89. The molecule has 29 valence electrons. The molecule has 0 fully saturated rings. The summed E-state index contributed by atoms with van der Waals surface area (Å²) in [7, 11) is 0. The average molecular weight is 81.1 g/mol. The summed E-state index contributed by atoms with van der Waals surface area (Å²) in [5, 5.41) is 6.34. The Morgan fingerprint density at radius 2 is 2.67 bits per heavy atom. The molecule has 0 aliphatic carbocycles. The van der Waals surface area contributed by atoms with Crippen molar-refractivity contribution in [2.75, 3.05) is 0 Å². The van der Waals surface area contributed by atoms with E-state index >= 15 is 0 Å². The third kappa shape index (κ3) is 0.337. The van der Waals surface area contributed by atoms with Gasteiger partial charge in [0, 0.05) is 0 Å². The van der Waals surface area contributed by atoms with Gasteiger partial charge in [0.15, 0.2) is 6.21 Å². The standard InChI is InChI=1S/C3HN2O/c6-3-1-4-5-2-3/h1H. The first kappa shape index (κ1) is 3.21. The van der Waals surface area contributed by atoms with Gasteiger partial charge in [-0.25, -0.2) is 0 Å². The molecule has 0 aromatic heterocycles. The molecule has 1 aliphatic heterocycles. The number of ketones is 1. The van der Waals surface area contributed by atoms with E-state index in [-0.39, 0.29) is 5.78 Å². The van der Waals surface area contributed by atoms with E-state index in [1.165, 1.54) is 0 Å². The molecule has 0 aromatic carbocycles. The monoisotopic (exact) mass is 81.0 g/mol. The van der Waals surface area contributed by atoms with Crippen LogP contribution in [0.25, 0.3) is 0 Å². The number of hydrogen-bond acceptors (Lipinski definition) is 3. The molecule has 0 aromatic rings. The van der Waals surface area contributed by atoms with Gasteiger partial charge in [0.25, 0.3) is 0 Å². The van der Waals surface area contributed by atoms with E-state index in [0.717, 1.165) is 6.21 Å². The molecule has 6 heavy (non-hydrogen) atoms. The van der Waals surface area contributed by atoms with E-state index in [9.17, 15) is 4.79 Å². The van der Waals surface area contributed by atoms with Crippen LogP contribution in [0, 0.1) is 0 Å². The summed E-state index contributed by atoms with van der Waals surface area (Å²) >= 11 is 0. The lowest BCUT2D eigenvalue weighted by Crippen LogP contribution is -1.92. The lowest BCUT2D eigenvalue weighted by atomic mass is 10.5. The third-order valence-electron chi connectivity index (χ3n) is 0.393. The van der Waals surface area contributed by atoms with Crippen LogP contribution in [0.15, 0.2) is 10.2 Å². The second-order valence-corrected chi connectivity index (χ2v) is 0.821. The van der Waals surface area contributed by atoms with Gasteiger partial charge in [-0.05, 0) is 0 Å². The number of Topliss-reactive ketones (excluding diaryl/α,β-unsaturated/α-hetero) is 1. The van der Waals surface area contributed by atoms with Gasteiger partial charge in [-0.1, -0.05) is 0 Å². The average Bonchev–Trinajstić information content (AvgIpc) is 1.86. The highest BCUT2D eigenvalue weighted by Gasteiger charge is 1.94. The summed E-state index contributed by atoms with van der Waals surface area (Å²) in [6, 6.07) is 0. The maximum atomic E-state index is 9.89. The van der Waals surface area contributed by atoms with E-state index in [4.69, 9.17) is 0 Å². The zero-order valence-corrected chi connectivity index (χ0v) is 2.88. The van der Waals surface area contributed by atoms with Gasteiger partial charge in [0.05, 0.1) is 6.21 Å².